The lowest BCUT2D eigenvalue weighted by molar-refractivity contribution is -0.121. The van der Waals surface area contributed by atoms with Crippen LogP contribution in [0.15, 0.2) is 48.5 Å². The van der Waals surface area contributed by atoms with Crippen LogP contribution >= 0.6 is 35.2 Å². The predicted molar refractivity (Wildman–Crippen MR) is 128 cm³/mol. The second-order valence-corrected chi connectivity index (χ2v) is 8.64. The van der Waals surface area contributed by atoms with E-state index < -0.39 is 17.7 Å². The molecule has 32 heavy (non-hydrogen) atoms. The number of rotatable bonds is 5. The number of aryl methyl sites for hydroxylation is 1. The number of hydrazine groups is 1. The van der Waals surface area contributed by atoms with E-state index in [1.807, 2.05) is 37.3 Å². The SMILES string of the molecule is COC(=O)c1c(NC(=S)NNC(=O)Cc2c(F)cccc2Cl)sc(C)c1-c1ccccc1. The fourth-order valence-electron chi connectivity index (χ4n) is 3.05. The van der Waals surface area contributed by atoms with Crippen molar-refractivity contribution in [1.82, 2.24) is 10.9 Å². The molecule has 1 heterocycles. The molecule has 0 saturated carbocycles. The number of thiocarbonyl (C=S) groups is 1. The summed E-state index contributed by atoms with van der Waals surface area (Å²) in [5.41, 5.74) is 6.98. The van der Waals surface area contributed by atoms with Gasteiger partial charge in [0.2, 0.25) is 5.91 Å². The Balaban J connectivity index is 1.72. The van der Waals surface area contributed by atoms with Gasteiger partial charge in [0.25, 0.3) is 0 Å². The Morgan fingerprint density at radius 1 is 1.12 bits per heavy atom. The van der Waals surface area contributed by atoms with Gasteiger partial charge in [0, 0.05) is 21.0 Å². The van der Waals surface area contributed by atoms with Crippen LogP contribution < -0.4 is 16.2 Å². The molecular formula is C22H19ClFN3O3S2. The Bertz CT molecular complexity index is 1150. The van der Waals surface area contributed by atoms with Crippen LogP contribution in [0, 0.1) is 12.7 Å². The van der Waals surface area contributed by atoms with Crippen LogP contribution in [-0.2, 0) is 16.0 Å². The van der Waals surface area contributed by atoms with Crippen molar-refractivity contribution in [3.8, 4) is 11.1 Å². The number of carbonyl (C=O) groups excluding carboxylic acids is 2. The number of benzene rings is 2. The number of nitrogens with one attached hydrogen (secondary N) is 3. The molecule has 3 rings (SSSR count). The van der Waals surface area contributed by atoms with Crippen molar-refractivity contribution in [2.75, 3.05) is 12.4 Å². The number of thiophene rings is 1. The van der Waals surface area contributed by atoms with Gasteiger partial charge in [-0.15, -0.1) is 11.3 Å². The van der Waals surface area contributed by atoms with Gasteiger partial charge in [0.1, 0.15) is 16.4 Å². The molecule has 0 aliphatic heterocycles. The van der Waals surface area contributed by atoms with Crippen molar-refractivity contribution in [2.45, 2.75) is 13.3 Å². The average molecular weight is 492 g/mol. The van der Waals surface area contributed by atoms with E-state index in [0.717, 1.165) is 16.0 Å². The highest BCUT2D eigenvalue weighted by Crippen LogP contribution is 2.40. The van der Waals surface area contributed by atoms with Gasteiger partial charge in [0.15, 0.2) is 5.11 Å². The number of amides is 1. The zero-order chi connectivity index (χ0) is 23.3. The van der Waals surface area contributed by atoms with Crippen molar-refractivity contribution in [3.05, 3.63) is 75.4 Å². The molecular weight excluding hydrogens is 473 g/mol. The first-order valence-corrected chi connectivity index (χ1v) is 11.0. The molecule has 0 fully saturated rings. The van der Waals surface area contributed by atoms with Gasteiger partial charge < -0.3 is 10.1 Å². The van der Waals surface area contributed by atoms with E-state index >= 15 is 0 Å². The average Bonchev–Trinajstić information content (AvgIpc) is 3.10. The molecule has 3 aromatic rings. The summed E-state index contributed by atoms with van der Waals surface area (Å²) >= 11 is 12.5. The summed E-state index contributed by atoms with van der Waals surface area (Å²) in [6.45, 7) is 1.89. The third-order valence-electron chi connectivity index (χ3n) is 4.48. The second-order valence-electron chi connectivity index (χ2n) is 6.60. The van der Waals surface area contributed by atoms with Crippen LogP contribution in [-0.4, -0.2) is 24.1 Å². The number of hydrogen-bond donors (Lipinski definition) is 3. The Labute approximate surface area is 198 Å². The highest BCUT2D eigenvalue weighted by Gasteiger charge is 2.24. The van der Waals surface area contributed by atoms with Gasteiger partial charge in [-0.05, 0) is 36.8 Å². The highest BCUT2D eigenvalue weighted by molar-refractivity contribution is 7.80. The van der Waals surface area contributed by atoms with Gasteiger partial charge in [-0.3, -0.25) is 15.6 Å². The van der Waals surface area contributed by atoms with Gasteiger partial charge in [-0.25, -0.2) is 9.18 Å². The van der Waals surface area contributed by atoms with Gasteiger partial charge in [-0.1, -0.05) is 48.0 Å². The molecule has 1 aromatic heterocycles. The largest absolute Gasteiger partial charge is 0.465 e. The fourth-order valence-corrected chi connectivity index (χ4v) is 4.57. The number of halogens is 2. The van der Waals surface area contributed by atoms with E-state index in [1.165, 1.54) is 36.6 Å². The molecule has 0 atom stereocenters. The molecule has 1 amide bonds. The lowest BCUT2D eigenvalue weighted by atomic mass is 10.0. The maximum absolute atomic E-state index is 13.9. The van der Waals surface area contributed by atoms with Crippen LogP contribution in [0.5, 0.6) is 0 Å². The Morgan fingerprint density at radius 2 is 1.84 bits per heavy atom. The van der Waals surface area contributed by atoms with Gasteiger partial charge in [0.05, 0.1) is 13.5 Å². The minimum absolute atomic E-state index is 0.0454. The summed E-state index contributed by atoms with van der Waals surface area (Å²) < 4.78 is 18.8. The smallest absolute Gasteiger partial charge is 0.341 e. The quantitative estimate of drug-likeness (QED) is 0.268. The zero-order valence-electron chi connectivity index (χ0n) is 17.1. The topological polar surface area (TPSA) is 79.5 Å². The first kappa shape index (κ1) is 23.6. The summed E-state index contributed by atoms with van der Waals surface area (Å²) in [6, 6.07) is 13.6. The summed E-state index contributed by atoms with van der Waals surface area (Å²) in [7, 11) is 1.30. The first-order valence-electron chi connectivity index (χ1n) is 9.37. The van der Waals surface area contributed by atoms with Crippen molar-refractivity contribution >= 4 is 57.1 Å². The van der Waals surface area contributed by atoms with Crippen LogP contribution in [0.4, 0.5) is 9.39 Å². The van der Waals surface area contributed by atoms with E-state index in [0.29, 0.717) is 10.6 Å². The van der Waals surface area contributed by atoms with E-state index in [1.54, 1.807) is 0 Å². The van der Waals surface area contributed by atoms with Crippen molar-refractivity contribution < 1.29 is 18.7 Å². The number of esters is 1. The van der Waals surface area contributed by atoms with E-state index in [2.05, 4.69) is 16.2 Å². The molecule has 0 unspecified atom stereocenters. The monoisotopic (exact) mass is 491 g/mol. The third kappa shape index (κ3) is 5.42. The summed E-state index contributed by atoms with van der Waals surface area (Å²) in [6.07, 6.45) is -0.273. The standard InChI is InChI=1S/C22H19ClFN3O3S2/c1-12-18(13-7-4-3-5-8-13)19(21(29)30-2)20(32-12)25-22(31)27-26-17(28)11-14-15(23)9-6-10-16(14)24/h3-10H,11H2,1-2H3,(H,26,28)(H2,25,27,31). The summed E-state index contributed by atoms with van der Waals surface area (Å²) in [4.78, 5) is 25.6. The summed E-state index contributed by atoms with van der Waals surface area (Å²) in [5.74, 6) is -1.63. The van der Waals surface area contributed by atoms with Crippen LogP contribution in [0.3, 0.4) is 0 Å². The van der Waals surface area contributed by atoms with Crippen molar-refractivity contribution in [2.24, 2.45) is 0 Å². The molecule has 0 aliphatic carbocycles. The molecule has 0 spiro atoms. The van der Waals surface area contributed by atoms with Crippen molar-refractivity contribution in [1.29, 1.82) is 0 Å². The molecule has 2 aromatic carbocycles. The molecule has 6 nitrogen and oxygen atoms in total. The Kier molecular flexibility index (Phi) is 7.79. The third-order valence-corrected chi connectivity index (χ3v) is 6.06. The second kappa shape index (κ2) is 10.5. The molecule has 10 heteroatoms. The fraction of sp³-hybridized carbons (Fsp3) is 0.136. The summed E-state index contributed by atoms with van der Waals surface area (Å²) in [5, 5.41) is 3.60. The Hall–Kier alpha value is -3.01. The lowest BCUT2D eigenvalue weighted by Crippen LogP contribution is -2.44. The molecule has 3 N–H and O–H groups in total. The molecule has 0 aliphatic rings. The van der Waals surface area contributed by atoms with E-state index in [9.17, 15) is 14.0 Å². The van der Waals surface area contributed by atoms with Gasteiger partial charge >= 0.3 is 5.97 Å². The zero-order valence-corrected chi connectivity index (χ0v) is 19.5. The predicted octanol–water partition coefficient (Wildman–Crippen LogP) is 4.86. The normalized spacial score (nSPS) is 10.4. The number of carbonyl (C=O) groups is 2. The van der Waals surface area contributed by atoms with Crippen molar-refractivity contribution in [3.63, 3.8) is 0 Å². The molecule has 0 saturated heterocycles. The number of methoxy groups -OCH3 is 1. The maximum Gasteiger partial charge on any atom is 0.341 e. The molecule has 0 bridgehead atoms. The lowest BCUT2D eigenvalue weighted by Gasteiger charge is -2.12. The molecule has 0 radical (unpaired) electrons. The minimum Gasteiger partial charge on any atom is -0.465 e. The first-order chi connectivity index (χ1) is 15.3. The van der Waals surface area contributed by atoms with Gasteiger partial charge in [-0.2, -0.15) is 0 Å². The number of anilines is 1. The molecule has 166 valence electrons. The Morgan fingerprint density at radius 3 is 2.50 bits per heavy atom. The minimum atomic E-state index is -0.571. The van der Waals surface area contributed by atoms with E-state index in [-0.39, 0.29) is 22.1 Å². The highest BCUT2D eigenvalue weighted by atomic mass is 35.5. The van der Waals surface area contributed by atoms with E-state index in [4.69, 9.17) is 28.6 Å². The maximum atomic E-state index is 13.9. The number of hydrogen-bond acceptors (Lipinski definition) is 5. The van der Waals surface area contributed by atoms with Crippen LogP contribution in [0.25, 0.3) is 11.1 Å². The van der Waals surface area contributed by atoms with Crippen LogP contribution in [0.2, 0.25) is 5.02 Å². The van der Waals surface area contributed by atoms with Crippen LogP contribution in [0.1, 0.15) is 20.8 Å². The number of ether oxygens (including phenoxy) is 1.